The summed E-state index contributed by atoms with van der Waals surface area (Å²) >= 11 is 0. The maximum Gasteiger partial charge on any atom is 0.118 e. The van der Waals surface area contributed by atoms with Crippen molar-refractivity contribution in [3.63, 3.8) is 0 Å². The zero-order chi connectivity index (χ0) is 16.8. The number of hydrogen-bond acceptors (Lipinski definition) is 2. The summed E-state index contributed by atoms with van der Waals surface area (Å²) in [4.78, 5) is 2.38. The van der Waals surface area contributed by atoms with Crippen LogP contribution in [0.15, 0.2) is 24.3 Å². The molecule has 1 N–H and O–H groups in total. The van der Waals surface area contributed by atoms with Gasteiger partial charge in [0.15, 0.2) is 0 Å². The standard InChI is InChI=1S/C21H36NO/c1-3-4-5-6-7-8-9-10-11-14-18-22(2)19-17-20-15-12-13-16-21(20)23/h12-13,15-16,23H,1,3-11,14,17-19H2,2H3. The number of benzene rings is 1. The van der Waals surface area contributed by atoms with E-state index < -0.39 is 0 Å². The number of nitrogens with zero attached hydrogens (tertiary/aromatic N) is 1. The molecule has 23 heavy (non-hydrogen) atoms. The zero-order valence-electron chi connectivity index (χ0n) is 15.1. The molecule has 1 rings (SSSR count). The summed E-state index contributed by atoms with van der Waals surface area (Å²) < 4.78 is 0. The van der Waals surface area contributed by atoms with Crippen molar-refractivity contribution >= 4 is 0 Å². The van der Waals surface area contributed by atoms with E-state index in [0.717, 1.165) is 31.5 Å². The molecule has 0 heterocycles. The second kappa shape index (κ2) is 13.4. The third-order valence-corrected chi connectivity index (χ3v) is 4.54. The topological polar surface area (TPSA) is 23.5 Å². The van der Waals surface area contributed by atoms with Gasteiger partial charge >= 0.3 is 0 Å². The number of likely N-dealkylation sites (N-methyl/N-ethyl adjacent to an activating group) is 1. The molecular weight excluding hydrogens is 282 g/mol. The van der Waals surface area contributed by atoms with Crippen LogP contribution in [0.25, 0.3) is 0 Å². The fourth-order valence-electron chi connectivity index (χ4n) is 2.94. The van der Waals surface area contributed by atoms with E-state index >= 15 is 0 Å². The summed E-state index contributed by atoms with van der Waals surface area (Å²) in [5, 5.41) is 9.77. The van der Waals surface area contributed by atoms with Gasteiger partial charge in [0.2, 0.25) is 0 Å². The van der Waals surface area contributed by atoms with Crippen LogP contribution in [0.1, 0.15) is 69.8 Å². The van der Waals surface area contributed by atoms with Crippen LogP contribution in [0.4, 0.5) is 0 Å². The highest BCUT2D eigenvalue weighted by Gasteiger charge is 2.03. The van der Waals surface area contributed by atoms with Crippen LogP contribution in [-0.4, -0.2) is 30.1 Å². The van der Waals surface area contributed by atoms with Gasteiger partial charge in [-0.05, 0) is 38.1 Å². The third-order valence-electron chi connectivity index (χ3n) is 4.54. The lowest BCUT2D eigenvalue weighted by molar-refractivity contribution is 0.325. The van der Waals surface area contributed by atoms with Crippen LogP contribution < -0.4 is 0 Å². The minimum Gasteiger partial charge on any atom is -0.508 e. The van der Waals surface area contributed by atoms with Gasteiger partial charge in [-0.15, -0.1) is 0 Å². The first-order valence-electron chi connectivity index (χ1n) is 9.48. The first-order valence-corrected chi connectivity index (χ1v) is 9.48. The molecule has 131 valence electrons. The van der Waals surface area contributed by atoms with E-state index in [0.29, 0.717) is 5.75 Å². The number of para-hydroxylation sites is 1. The quantitative estimate of drug-likeness (QED) is 0.451. The van der Waals surface area contributed by atoms with Crippen molar-refractivity contribution in [2.24, 2.45) is 0 Å². The Morgan fingerprint density at radius 1 is 0.826 bits per heavy atom. The Kier molecular flexibility index (Phi) is 11.7. The van der Waals surface area contributed by atoms with E-state index in [1.54, 1.807) is 6.07 Å². The second-order valence-electron chi connectivity index (χ2n) is 6.72. The molecular formula is C21H36NO. The summed E-state index contributed by atoms with van der Waals surface area (Å²) in [6.45, 7) is 6.07. The molecule has 0 aliphatic rings. The number of unbranched alkanes of at least 4 members (excludes halogenated alkanes) is 9. The van der Waals surface area contributed by atoms with Crippen molar-refractivity contribution in [3.8, 4) is 5.75 Å². The number of hydrogen-bond donors (Lipinski definition) is 1. The average molecular weight is 319 g/mol. The van der Waals surface area contributed by atoms with Gasteiger partial charge < -0.3 is 10.0 Å². The summed E-state index contributed by atoms with van der Waals surface area (Å²) in [6.07, 6.45) is 14.3. The van der Waals surface area contributed by atoms with Crippen molar-refractivity contribution in [2.45, 2.75) is 70.6 Å². The number of phenols is 1. The Labute approximate surface area is 143 Å². The van der Waals surface area contributed by atoms with Crippen LogP contribution >= 0.6 is 0 Å². The van der Waals surface area contributed by atoms with Gasteiger partial charge in [0.05, 0.1) is 0 Å². The predicted molar refractivity (Wildman–Crippen MR) is 101 cm³/mol. The van der Waals surface area contributed by atoms with Crippen LogP contribution in [0.5, 0.6) is 5.75 Å². The molecule has 1 aromatic rings. The molecule has 0 amide bonds. The highest BCUT2D eigenvalue weighted by Crippen LogP contribution is 2.16. The van der Waals surface area contributed by atoms with Crippen molar-refractivity contribution in [2.75, 3.05) is 20.1 Å². The monoisotopic (exact) mass is 318 g/mol. The molecule has 2 nitrogen and oxygen atoms in total. The smallest absolute Gasteiger partial charge is 0.118 e. The van der Waals surface area contributed by atoms with E-state index in [1.165, 1.54) is 57.8 Å². The van der Waals surface area contributed by atoms with Crippen LogP contribution in [0.3, 0.4) is 0 Å². The molecule has 0 saturated heterocycles. The molecule has 0 aromatic heterocycles. The largest absolute Gasteiger partial charge is 0.508 e. The summed E-state index contributed by atoms with van der Waals surface area (Å²) in [5.74, 6) is 0.427. The van der Waals surface area contributed by atoms with Crippen molar-refractivity contribution in [3.05, 3.63) is 36.8 Å². The molecule has 0 atom stereocenters. The lowest BCUT2D eigenvalue weighted by Crippen LogP contribution is -2.22. The first-order chi connectivity index (χ1) is 11.2. The van der Waals surface area contributed by atoms with E-state index in [-0.39, 0.29) is 0 Å². The Balaban J connectivity index is 1.92. The van der Waals surface area contributed by atoms with Gasteiger partial charge in [-0.3, -0.25) is 0 Å². The van der Waals surface area contributed by atoms with E-state index in [4.69, 9.17) is 0 Å². The molecule has 0 bridgehead atoms. The SMILES string of the molecule is [CH2]CCCCCCCCCCCN(C)CCc1ccccc1O. The normalized spacial score (nSPS) is 11.3. The van der Waals surface area contributed by atoms with Crippen LogP contribution in [0.2, 0.25) is 0 Å². The van der Waals surface area contributed by atoms with Gasteiger partial charge in [-0.2, -0.15) is 0 Å². The molecule has 0 aliphatic heterocycles. The van der Waals surface area contributed by atoms with Crippen molar-refractivity contribution in [1.82, 2.24) is 4.90 Å². The lowest BCUT2D eigenvalue weighted by Gasteiger charge is -2.16. The number of rotatable bonds is 14. The molecule has 0 fully saturated rings. The maximum absolute atomic E-state index is 9.77. The lowest BCUT2D eigenvalue weighted by atomic mass is 10.1. The third kappa shape index (κ3) is 10.4. The van der Waals surface area contributed by atoms with E-state index in [9.17, 15) is 5.11 Å². The Morgan fingerprint density at radius 2 is 1.39 bits per heavy atom. The molecule has 0 unspecified atom stereocenters. The summed E-state index contributed by atoms with van der Waals surface area (Å²) in [5.41, 5.74) is 1.05. The zero-order valence-corrected chi connectivity index (χ0v) is 15.1. The van der Waals surface area contributed by atoms with E-state index in [1.807, 2.05) is 18.2 Å². The Morgan fingerprint density at radius 3 is 2.00 bits per heavy atom. The van der Waals surface area contributed by atoms with Crippen molar-refractivity contribution in [1.29, 1.82) is 0 Å². The fourth-order valence-corrected chi connectivity index (χ4v) is 2.94. The van der Waals surface area contributed by atoms with E-state index in [2.05, 4.69) is 18.9 Å². The summed E-state index contributed by atoms with van der Waals surface area (Å²) in [7, 11) is 2.18. The Hall–Kier alpha value is -1.02. The first kappa shape index (κ1) is 20.0. The molecule has 0 aliphatic carbocycles. The molecule has 1 radical (unpaired) electrons. The minimum absolute atomic E-state index is 0.427. The fraction of sp³-hybridized carbons (Fsp3) is 0.667. The van der Waals surface area contributed by atoms with Crippen LogP contribution in [-0.2, 0) is 6.42 Å². The molecule has 0 spiro atoms. The molecule has 2 heteroatoms. The maximum atomic E-state index is 9.77. The average Bonchev–Trinajstić information content (AvgIpc) is 2.56. The van der Waals surface area contributed by atoms with Gasteiger partial charge in [0.25, 0.3) is 0 Å². The molecule has 0 saturated carbocycles. The second-order valence-corrected chi connectivity index (χ2v) is 6.72. The highest BCUT2D eigenvalue weighted by molar-refractivity contribution is 5.31. The number of phenolic OH excluding ortho intramolecular Hbond substituents is 1. The highest BCUT2D eigenvalue weighted by atomic mass is 16.3. The van der Waals surface area contributed by atoms with Gasteiger partial charge in [-0.1, -0.05) is 82.9 Å². The number of aromatic hydroxyl groups is 1. The van der Waals surface area contributed by atoms with Gasteiger partial charge in [-0.25, -0.2) is 0 Å². The van der Waals surface area contributed by atoms with Gasteiger partial charge in [0, 0.05) is 6.54 Å². The predicted octanol–water partition coefficient (Wildman–Crippen LogP) is 5.60. The minimum atomic E-state index is 0.427. The van der Waals surface area contributed by atoms with Gasteiger partial charge in [0.1, 0.15) is 5.75 Å². The van der Waals surface area contributed by atoms with Crippen molar-refractivity contribution < 1.29 is 5.11 Å². The van der Waals surface area contributed by atoms with Crippen LogP contribution in [0, 0.1) is 6.92 Å². The Bertz CT molecular complexity index is 391. The molecule has 1 aromatic carbocycles. The summed E-state index contributed by atoms with van der Waals surface area (Å²) in [6, 6.07) is 7.66.